The van der Waals surface area contributed by atoms with Crippen molar-refractivity contribution < 1.29 is 9.47 Å². The third-order valence-corrected chi connectivity index (χ3v) is 6.53. The first kappa shape index (κ1) is 19.1. The van der Waals surface area contributed by atoms with Gasteiger partial charge in [0.05, 0.1) is 10.7 Å². The first-order valence-corrected chi connectivity index (χ1v) is 10.9. The zero-order valence-electron chi connectivity index (χ0n) is 15.0. The number of benzene rings is 2. The van der Waals surface area contributed by atoms with E-state index in [0.717, 1.165) is 70.6 Å². The standard InChI is InChI=1S/C20H22Cl2N2O2S/c21-15-4-5-16(22)19(14-15)27-13-10-23-6-8-24(9-7-23)17-2-1-3-18-20(17)26-12-11-25-18/h1-5,14H,6-13H2. The van der Waals surface area contributed by atoms with Gasteiger partial charge in [0, 0.05) is 48.4 Å². The third kappa shape index (κ3) is 4.60. The average Bonchev–Trinajstić information content (AvgIpc) is 2.71. The Morgan fingerprint density at radius 1 is 0.963 bits per heavy atom. The SMILES string of the molecule is Clc1ccc(Cl)c(SCCN2CCN(c3cccc4c3OCCO4)CC2)c1. The maximum atomic E-state index is 6.24. The molecule has 4 nitrogen and oxygen atoms in total. The molecule has 0 spiro atoms. The Kier molecular flexibility index (Phi) is 6.23. The van der Waals surface area contributed by atoms with E-state index in [1.807, 2.05) is 30.3 Å². The predicted molar refractivity (Wildman–Crippen MR) is 113 cm³/mol. The van der Waals surface area contributed by atoms with E-state index in [-0.39, 0.29) is 0 Å². The second-order valence-corrected chi connectivity index (χ2v) is 8.53. The summed E-state index contributed by atoms with van der Waals surface area (Å²) in [5, 5.41) is 1.50. The number of nitrogens with zero attached hydrogens (tertiary/aromatic N) is 2. The van der Waals surface area contributed by atoms with Crippen LogP contribution in [0.4, 0.5) is 5.69 Å². The van der Waals surface area contributed by atoms with Gasteiger partial charge in [-0.3, -0.25) is 4.90 Å². The van der Waals surface area contributed by atoms with Gasteiger partial charge >= 0.3 is 0 Å². The number of thioether (sulfide) groups is 1. The molecular weight excluding hydrogens is 403 g/mol. The lowest BCUT2D eigenvalue weighted by atomic mass is 10.2. The maximum absolute atomic E-state index is 6.24. The molecule has 0 saturated carbocycles. The minimum absolute atomic E-state index is 0.618. The lowest BCUT2D eigenvalue weighted by molar-refractivity contribution is 0.171. The normalized spacial score (nSPS) is 17.2. The summed E-state index contributed by atoms with van der Waals surface area (Å²) in [7, 11) is 0. The van der Waals surface area contributed by atoms with Crippen LogP contribution in [0.5, 0.6) is 11.5 Å². The van der Waals surface area contributed by atoms with Crippen molar-refractivity contribution >= 4 is 40.7 Å². The Hall–Kier alpha value is -1.27. The quantitative estimate of drug-likeness (QED) is 0.648. The fourth-order valence-corrected chi connectivity index (χ4v) is 4.90. The first-order valence-electron chi connectivity index (χ1n) is 9.14. The number of para-hydroxylation sites is 1. The number of ether oxygens (including phenoxy) is 2. The summed E-state index contributed by atoms with van der Waals surface area (Å²) in [6.45, 7) is 6.33. The number of fused-ring (bicyclic) bond motifs is 1. The number of halogens is 2. The van der Waals surface area contributed by atoms with Gasteiger partial charge in [0.25, 0.3) is 0 Å². The molecule has 4 rings (SSSR count). The second-order valence-electron chi connectivity index (χ2n) is 6.55. The molecule has 0 amide bonds. The van der Waals surface area contributed by atoms with E-state index < -0.39 is 0 Å². The molecule has 2 heterocycles. The average molecular weight is 425 g/mol. The topological polar surface area (TPSA) is 24.9 Å². The lowest BCUT2D eigenvalue weighted by Crippen LogP contribution is -2.47. The minimum Gasteiger partial charge on any atom is -0.486 e. The van der Waals surface area contributed by atoms with Crippen LogP contribution in [0.2, 0.25) is 10.0 Å². The summed E-state index contributed by atoms with van der Waals surface area (Å²) in [5.41, 5.74) is 1.15. The van der Waals surface area contributed by atoms with Crippen molar-refractivity contribution in [1.29, 1.82) is 0 Å². The summed E-state index contributed by atoms with van der Waals surface area (Å²) >= 11 is 14.1. The number of rotatable bonds is 5. The first-order chi connectivity index (χ1) is 13.2. The van der Waals surface area contributed by atoms with Crippen LogP contribution in [0.15, 0.2) is 41.3 Å². The van der Waals surface area contributed by atoms with Gasteiger partial charge in [-0.1, -0.05) is 29.3 Å². The largest absolute Gasteiger partial charge is 0.486 e. The molecule has 0 unspecified atom stereocenters. The van der Waals surface area contributed by atoms with Gasteiger partial charge in [-0.2, -0.15) is 0 Å². The lowest BCUT2D eigenvalue weighted by Gasteiger charge is -2.37. The monoisotopic (exact) mass is 424 g/mol. The summed E-state index contributed by atoms with van der Waals surface area (Å²) < 4.78 is 11.6. The molecular formula is C20H22Cl2N2O2S. The molecule has 2 aromatic carbocycles. The van der Waals surface area contributed by atoms with E-state index >= 15 is 0 Å². The molecule has 0 aliphatic carbocycles. The third-order valence-electron chi connectivity index (χ3n) is 4.82. The summed E-state index contributed by atoms with van der Waals surface area (Å²) in [4.78, 5) is 5.94. The van der Waals surface area contributed by atoms with Gasteiger partial charge in [0.2, 0.25) is 0 Å². The molecule has 0 N–H and O–H groups in total. The molecule has 7 heteroatoms. The Bertz CT molecular complexity index is 798. The summed E-state index contributed by atoms with van der Waals surface area (Å²) in [6, 6.07) is 11.8. The van der Waals surface area contributed by atoms with Crippen LogP contribution >= 0.6 is 35.0 Å². The van der Waals surface area contributed by atoms with Crippen LogP contribution in [0.3, 0.4) is 0 Å². The fraction of sp³-hybridized carbons (Fsp3) is 0.400. The van der Waals surface area contributed by atoms with Gasteiger partial charge in [0.1, 0.15) is 13.2 Å². The van der Waals surface area contributed by atoms with Gasteiger partial charge in [-0.15, -0.1) is 11.8 Å². The van der Waals surface area contributed by atoms with Crippen LogP contribution < -0.4 is 14.4 Å². The van der Waals surface area contributed by atoms with E-state index in [4.69, 9.17) is 32.7 Å². The Labute approximate surface area is 174 Å². The molecule has 2 aromatic rings. The van der Waals surface area contributed by atoms with Crippen molar-refractivity contribution in [3.63, 3.8) is 0 Å². The second kappa shape index (κ2) is 8.82. The highest BCUT2D eigenvalue weighted by molar-refractivity contribution is 7.99. The summed E-state index contributed by atoms with van der Waals surface area (Å²) in [5.74, 6) is 2.75. The molecule has 2 aliphatic heterocycles. The highest BCUT2D eigenvalue weighted by Crippen LogP contribution is 2.39. The van der Waals surface area contributed by atoms with E-state index in [1.54, 1.807) is 11.8 Å². The van der Waals surface area contributed by atoms with Crippen molar-refractivity contribution in [3.05, 3.63) is 46.4 Å². The Morgan fingerprint density at radius 3 is 2.63 bits per heavy atom. The van der Waals surface area contributed by atoms with Crippen LogP contribution in [-0.4, -0.2) is 56.6 Å². The van der Waals surface area contributed by atoms with Crippen molar-refractivity contribution in [2.45, 2.75) is 4.90 Å². The number of hydrogen-bond donors (Lipinski definition) is 0. The smallest absolute Gasteiger partial charge is 0.184 e. The minimum atomic E-state index is 0.618. The highest BCUT2D eigenvalue weighted by Gasteiger charge is 2.23. The Balaban J connectivity index is 1.29. The molecule has 2 aliphatic rings. The molecule has 1 fully saturated rings. The molecule has 1 saturated heterocycles. The van der Waals surface area contributed by atoms with Gasteiger partial charge in [0.15, 0.2) is 11.5 Å². The zero-order chi connectivity index (χ0) is 18.6. The maximum Gasteiger partial charge on any atom is 0.184 e. The molecule has 0 radical (unpaired) electrons. The molecule has 0 atom stereocenters. The summed E-state index contributed by atoms with van der Waals surface area (Å²) in [6.07, 6.45) is 0. The fourth-order valence-electron chi connectivity index (χ4n) is 3.39. The van der Waals surface area contributed by atoms with Crippen molar-refractivity contribution in [2.75, 3.05) is 56.6 Å². The van der Waals surface area contributed by atoms with Gasteiger partial charge in [-0.25, -0.2) is 0 Å². The van der Waals surface area contributed by atoms with Crippen LogP contribution in [0.1, 0.15) is 0 Å². The van der Waals surface area contributed by atoms with Crippen molar-refractivity contribution in [3.8, 4) is 11.5 Å². The molecule has 27 heavy (non-hydrogen) atoms. The molecule has 0 aromatic heterocycles. The van der Waals surface area contributed by atoms with Crippen molar-refractivity contribution in [2.24, 2.45) is 0 Å². The molecule has 144 valence electrons. The van der Waals surface area contributed by atoms with E-state index in [2.05, 4.69) is 15.9 Å². The number of anilines is 1. The molecule has 0 bridgehead atoms. The van der Waals surface area contributed by atoms with E-state index in [9.17, 15) is 0 Å². The van der Waals surface area contributed by atoms with E-state index in [0.29, 0.717) is 13.2 Å². The number of hydrogen-bond acceptors (Lipinski definition) is 5. The van der Waals surface area contributed by atoms with Crippen LogP contribution in [0, 0.1) is 0 Å². The van der Waals surface area contributed by atoms with Crippen molar-refractivity contribution in [1.82, 2.24) is 4.90 Å². The highest BCUT2D eigenvalue weighted by atomic mass is 35.5. The van der Waals surface area contributed by atoms with Gasteiger partial charge < -0.3 is 14.4 Å². The van der Waals surface area contributed by atoms with Gasteiger partial charge in [-0.05, 0) is 30.3 Å². The van der Waals surface area contributed by atoms with E-state index in [1.165, 1.54) is 0 Å². The Morgan fingerprint density at radius 2 is 1.78 bits per heavy atom. The van der Waals surface area contributed by atoms with Crippen LogP contribution in [0.25, 0.3) is 0 Å². The zero-order valence-corrected chi connectivity index (χ0v) is 17.3. The predicted octanol–water partition coefficient (Wildman–Crippen LogP) is 4.68. The number of piperazine rings is 1. The van der Waals surface area contributed by atoms with Crippen LogP contribution in [-0.2, 0) is 0 Å².